The number of rotatable bonds is 1. The minimum Gasteiger partial charge on any atom is -1.00 e. The molecule has 0 aliphatic rings. The van der Waals surface area contributed by atoms with Crippen LogP contribution in [0.5, 0.6) is 0 Å². The van der Waals surface area contributed by atoms with Gasteiger partial charge in [-0.1, -0.05) is 18.2 Å². The van der Waals surface area contributed by atoms with Crippen LogP contribution in [-0.2, 0) is 0 Å². The number of benzene rings is 1. The minimum absolute atomic E-state index is 0. The van der Waals surface area contributed by atoms with Crippen LogP contribution in [0.1, 0.15) is 0 Å². The molecule has 2 N–H and O–H groups in total. The van der Waals surface area contributed by atoms with Crippen LogP contribution in [0.4, 0.5) is 5.69 Å². The highest BCUT2D eigenvalue weighted by Gasteiger charge is 1.83. The van der Waals surface area contributed by atoms with E-state index in [0.717, 1.165) is 0 Å². The zero-order valence-electron chi connectivity index (χ0n) is 5.34. The molecule has 50 valence electrons. The molecule has 0 amide bonds. The largest absolute Gasteiger partial charge is 1.00 e. The van der Waals surface area contributed by atoms with Gasteiger partial charge in [-0.05, 0) is 12.1 Å². The first-order chi connectivity index (χ1) is 3.93. The van der Waals surface area contributed by atoms with Crippen molar-refractivity contribution in [2.75, 3.05) is 7.05 Å². The van der Waals surface area contributed by atoms with Crippen LogP contribution >= 0.6 is 0 Å². The van der Waals surface area contributed by atoms with E-state index in [0.29, 0.717) is 0 Å². The van der Waals surface area contributed by atoms with Crippen molar-refractivity contribution in [2.45, 2.75) is 0 Å². The maximum absolute atomic E-state index is 2.08. The fraction of sp³-hybridized carbons (Fsp3) is 0.143. The van der Waals surface area contributed by atoms with Gasteiger partial charge in [0.1, 0.15) is 5.69 Å². The topological polar surface area (TPSA) is 16.6 Å². The Bertz CT molecular complexity index is 150. The lowest BCUT2D eigenvalue weighted by Gasteiger charge is -1.88. The monoisotopic (exact) mass is 235 g/mol. The Labute approximate surface area is 72.5 Å². The highest BCUT2D eigenvalue weighted by molar-refractivity contribution is 5.26. The number of quaternary nitrogens is 1. The molecule has 0 radical (unpaired) electrons. The minimum atomic E-state index is 0. The first kappa shape index (κ1) is 8.91. The van der Waals surface area contributed by atoms with Gasteiger partial charge in [-0.2, -0.15) is 0 Å². The van der Waals surface area contributed by atoms with E-state index in [1.165, 1.54) is 5.69 Å². The Morgan fingerprint density at radius 2 is 1.67 bits per heavy atom. The van der Waals surface area contributed by atoms with Gasteiger partial charge in [0.2, 0.25) is 0 Å². The first-order valence-corrected chi connectivity index (χ1v) is 2.78. The van der Waals surface area contributed by atoms with Crippen molar-refractivity contribution in [1.82, 2.24) is 0 Å². The summed E-state index contributed by atoms with van der Waals surface area (Å²) in [4.78, 5) is 0. The Kier molecular flexibility index (Phi) is 4.71. The van der Waals surface area contributed by atoms with Crippen molar-refractivity contribution in [1.29, 1.82) is 0 Å². The molecule has 0 heterocycles. The van der Waals surface area contributed by atoms with E-state index in [1.807, 2.05) is 25.2 Å². The number of nitrogens with two attached hydrogens (primary N) is 1. The Morgan fingerprint density at radius 3 is 2.00 bits per heavy atom. The molecule has 0 saturated carbocycles. The summed E-state index contributed by atoms with van der Waals surface area (Å²) in [5.41, 5.74) is 1.28. The van der Waals surface area contributed by atoms with Crippen LogP contribution in [-0.4, -0.2) is 7.05 Å². The van der Waals surface area contributed by atoms with Crippen LogP contribution in [0.15, 0.2) is 30.3 Å². The molecule has 0 atom stereocenters. The van der Waals surface area contributed by atoms with Gasteiger partial charge >= 0.3 is 0 Å². The van der Waals surface area contributed by atoms with Crippen LogP contribution in [0, 0.1) is 0 Å². The lowest BCUT2D eigenvalue weighted by atomic mass is 10.3. The molecule has 0 bridgehead atoms. The van der Waals surface area contributed by atoms with Crippen LogP contribution in [0.2, 0.25) is 0 Å². The van der Waals surface area contributed by atoms with E-state index in [4.69, 9.17) is 0 Å². The SMILES string of the molecule is C[NH2+]c1ccccc1.[I-]. The molecule has 2 heteroatoms. The molecule has 0 spiro atoms. The van der Waals surface area contributed by atoms with Crippen molar-refractivity contribution >= 4 is 5.69 Å². The maximum Gasteiger partial charge on any atom is 0.129 e. The zero-order chi connectivity index (χ0) is 5.82. The standard InChI is InChI=1S/C7H9N.HI/c1-8-7-5-3-2-4-6-7;/h2-6,8H,1H3;1H. The lowest BCUT2D eigenvalue weighted by molar-refractivity contribution is -0.539. The van der Waals surface area contributed by atoms with Crippen molar-refractivity contribution in [3.05, 3.63) is 30.3 Å². The fourth-order valence-electron chi connectivity index (χ4n) is 0.645. The molecule has 0 fully saturated rings. The van der Waals surface area contributed by atoms with Gasteiger partial charge in [0, 0.05) is 0 Å². The van der Waals surface area contributed by atoms with Gasteiger partial charge in [-0.3, -0.25) is 0 Å². The average Bonchev–Trinajstić information content (AvgIpc) is 1.90. The molecule has 1 aromatic rings. The van der Waals surface area contributed by atoms with E-state index in [-0.39, 0.29) is 24.0 Å². The van der Waals surface area contributed by atoms with Gasteiger partial charge in [-0.25, -0.2) is 0 Å². The molecular formula is C7H10IN. The fourth-order valence-corrected chi connectivity index (χ4v) is 0.645. The van der Waals surface area contributed by atoms with E-state index < -0.39 is 0 Å². The smallest absolute Gasteiger partial charge is 0.129 e. The summed E-state index contributed by atoms with van der Waals surface area (Å²) in [5, 5.41) is 2.08. The molecule has 0 aromatic heterocycles. The van der Waals surface area contributed by atoms with E-state index >= 15 is 0 Å². The molecule has 0 unspecified atom stereocenters. The van der Waals surface area contributed by atoms with Crippen molar-refractivity contribution in [3.63, 3.8) is 0 Å². The molecule has 0 aliphatic carbocycles. The van der Waals surface area contributed by atoms with Gasteiger partial charge in [0.25, 0.3) is 0 Å². The molecule has 1 rings (SSSR count). The number of para-hydroxylation sites is 1. The summed E-state index contributed by atoms with van der Waals surface area (Å²) in [5.74, 6) is 0. The summed E-state index contributed by atoms with van der Waals surface area (Å²) >= 11 is 0. The third-order valence-corrected chi connectivity index (χ3v) is 1.13. The Balaban J connectivity index is 0.000000640. The third kappa shape index (κ3) is 2.81. The summed E-state index contributed by atoms with van der Waals surface area (Å²) in [6.45, 7) is 0. The van der Waals surface area contributed by atoms with Crippen LogP contribution in [0.25, 0.3) is 0 Å². The second-order valence-electron chi connectivity index (χ2n) is 1.70. The van der Waals surface area contributed by atoms with Gasteiger partial charge in [0.05, 0.1) is 7.05 Å². The zero-order valence-corrected chi connectivity index (χ0v) is 7.50. The van der Waals surface area contributed by atoms with Crippen LogP contribution < -0.4 is 29.3 Å². The summed E-state index contributed by atoms with van der Waals surface area (Å²) in [6.07, 6.45) is 0. The van der Waals surface area contributed by atoms with Gasteiger partial charge < -0.3 is 29.3 Å². The first-order valence-electron chi connectivity index (χ1n) is 2.78. The van der Waals surface area contributed by atoms with Gasteiger partial charge in [0.15, 0.2) is 0 Å². The van der Waals surface area contributed by atoms with Crippen molar-refractivity contribution in [2.24, 2.45) is 0 Å². The Morgan fingerprint density at radius 1 is 1.11 bits per heavy atom. The molecule has 0 aliphatic heterocycles. The number of hydrogen-bond donors (Lipinski definition) is 1. The predicted octanol–water partition coefficient (Wildman–Crippen LogP) is -2.48. The van der Waals surface area contributed by atoms with E-state index in [9.17, 15) is 0 Å². The van der Waals surface area contributed by atoms with Crippen molar-refractivity contribution in [3.8, 4) is 0 Å². The average molecular weight is 235 g/mol. The molecular weight excluding hydrogens is 225 g/mol. The van der Waals surface area contributed by atoms with Crippen LogP contribution in [0.3, 0.4) is 0 Å². The highest BCUT2D eigenvalue weighted by Crippen LogP contribution is 1.94. The maximum atomic E-state index is 2.08. The number of hydrogen-bond acceptors (Lipinski definition) is 0. The second kappa shape index (κ2) is 4.76. The third-order valence-electron chi connectivity index (χ3n) is 1.13. The summed E-state index contributed by atoms with van der Waals surface area (Å²) in [6, 6.07) is 10.3. The van der Waals surface area contributed by atoms with E-state index in [2.05, 4.69) is 17.4 Å². The molecule has 0 saturated heterocycles. The molecule has 1 nitrogen and oxygen atoms in total. The van der Waals surface area contributed by atoms with E-state index in [1.54, 1.807) is 0 Å². The quantitative estimate of drug-likeness (QED) is 0.410. The molecule has 1 aromatic carbocycles. The lowest BCUT2D eigenvalue weighted by Crippen LogP contribution is -3.00. The summed E-state index contributed by atoms with van der Waals surface area (Å²) < 4.78 is 0. The normalized spacial score (nSPS) is 8.11. The Hall–Kier alpha value is -0.0900. The van der Waals surface area contributed by atoms with Crippen molar-refractivity contribution < 1.29 is 29.3 Å². The highest BCUT2D eigenvalue weighted by atomic mass is 127. The second-order valence-corrected chi connectivity index (χ2v) is 1.70. The number of halogens is 1. The summed E-state index contributed by atoms with van der Waals surface area (Å²) in [7, 11) is 2.04. The molecule has 9 heavy (non-hydrogen) atoms. The predicted molar refractivity (Wildman–Crippen MR) is 34.0 cm³/mol. The van der Waals surface area contributed by atoms with Gasteiger partial charge in [-0.15, -0.1) is 0 Å².